The van der Waals surface area contributed by atoms with E-state index in [0.717, 1.165) is 35.1 Å². The van der Waals surface area contributed by atoms with Crippen LogP contribution in [-0.2, 0) is 16.3 Å². The molecule has 0 amide bonds. The lowest BCUT2D eigenvalue weighted by Gasteiger charge is -2.23. The van der Waals surface area contributed by atoms with Crippen molar-refractivity contribution in [1.82, 2.24) is 14.5 Å². The molecule has 4 rings (SSSR count). The summed E-state index contributed by atoms with van der Waals surface area (Å²) in [5, 5.41) is 11.4. The first kappa shape index (κ1) is 27.1. The monoisotopic (exact) mass is 533 g/mol. The first-order valence-electron chi connectivity index (χ1n) is 12.4. The van der Waals surface area contributed by atoms with Gasteiger partial charge in [0, 0.05) is 18.8 Å². The molecular weight excluding hydrogens is 502 g/mol. The van der Waals surface area contributed by atoms with Crippen molar-refractivity contribution >= 4 is 9.84 Å². The smallest absolute Gasteiger partial charge is 0.296 e. The normalized spacial score (nSPS) is 12.3. The number of aryl methyl sites for hydroxylation is 2. The summed E-state index contributed by atoms with van der Waals surface area (Å²) >= 11 is 0. The van der Waals surface area contributed by atoms with Crippen LogP contribution in [0.4, 0.5) is 0 Å². The number of hydrogen-bond acceptors (Lipinski definition) is 7. The van der Waals surface area contributed by atoms with E-state index in [0.29, 0.717) is 18.0 Å². The summed E-state index contributed by atoms with van der Waals surface area (Å²) in [6, 6.07) is 14.8. The van der Waals surface area contributed by atoms with Crippen LogP contribution in [-0.4, -0.2) is 35.2 Å². The van der Waals surface area contributed by atoms with Crippen LogP contribution in [0.1, 0.15) is 49.7 Å². The van der Waals surface area contributed by atoms with Gasteiger partial charge < -0.3 is 9.84 Å². The Bertz CT molecular complexity index is 1600. The van der Waals surface area contributed by atoms with Crippen molar-refractivity contribution in [3.05, 3.63) is 94.3 Å². The minimum absolute atomic E-state index is 0.105. The molecule has 8 nitrogen and oxygen atoms in total. The highest BCUT2D eigenvalue weighted by atomic mass is 32.2. The summed E-state index contributed by atoms with van der Waals surface area (Å²) in [4.78, 5) is 20.5. The Morgan fingerprint density at radius 3 is 2.34 bits per heavy atom. The zero-order valence-electron chi connectivity index (χ0n) is 21.9. The fourth-order valence-electron chi connectivity index (χ4n) is 4.46. The van der Waals surface area contributed by atoms with E-state index in [1.54, 1.807) is 43.8 Å². The van der Waals surface area contributed by atoms with Crippen molar-refractivity contribution in [3.63, 3.8) is 0 Å². The number of unbranched alkanes of at least 4 members (excludes halogenated alkanes) is 1. The largest absolute Gasteiger partial charge is 0.497 e. The second-order valence-electron chi connectivity index (χ2n) is 9.13. The Kier molecular flexibility index (Phi) is 7.97. The van der Waals surface area contributed by atoms with Gasteiger partial charge in [-0.05, 0) is 72.9 Å². The summed E-state index contributed by atoms with van der Waals surface area (Å²) < 4.78 is 34.0. The Balaban J connectivity index is 1.83. The van der Waals surface area contributed by atoms with E-state index < -0.39 is 32.2 Å². The minimum atomic E-state index is -4.37. The van der Waals surface area contributed by atoms with Gasteiger partial charge in [-0.2, -0.15) is 4.98 Å². The molecule has 2 aromatic heterocycles. The highest BCUT2D eigenvalue weighted by molar-refractivity contribution is 7.91. The average Bonchev–Trinajstić information content (AvgIpc) is 2.91. The van der Waals surface area contributed by atoms with Crippen LogP contribution in [0.5, 0.6) is 11.6 Å². The molecule has 0 aliphatic carbocycles. The lowest BCUT2D eigenvalue weighted by Crippen LogP contribution is -2.27. The van der Waals surface area contributed by atoms with Gasteiger partial charge in [0.05, 0.1) is 18.0 Å². The predicted molar refractivity (Wildman–Crippen MR) is 145 cm³/mol. The van der Waals surface area contributed by atoms with E-state index in [1.807, 2.05) is 39.0 Å². The molecule has 0 saturated carbocycles. The number of sulfone groups is 1. The molecule has 2 aromatic carbocycles. The van der Waals surface area contributed by atoms with Gasteiger partial charge in [-0.1, -0.05) is 37.6 Å². The lowest BCUT2D eigenvalue weighted by atomic mass is 10.0. The van der Waals surface area contributed by atoms with Crippen molar-refractivity contribution in [3.8, 4) is 22.8 Å². The van der Waals surface area contributed by atoms with Crippen molar-refractivity contribution in [2.45, 2.75) is 55.9 Å². The summed E-state index contributed by atoms with van der Waals surface area (Å²) in [5.74, 6) is 0.386. The van der Waals surface area contributed by atoms with Crippen LogP contribution in [0, 0.1) is 6.92 Å². The Hall–Kier alpha value is -3.98. The second-order valence-corrected chi connectivity index (χ2v) is 11.0. The molecule has 1 N–H and O–H groups in total. The van der Waals surface area contributed by atoms with Crippen LogP contribution in [0.25, 0.3) is 11.1 Å². The number of nitrogens with zero attached hydrogens (tertiary/aromatic N) is 3. The zero-order valence-corrected chi connectivity index (χ0v) is 22.7. The van der Waals surface area contributed by atoms with Gasteiger partial charge in [0.2, 0.25) is 15.7 Å². The third-order valence-corrected chi connectivity index (χ3v) is 8.43. The molecule has 0 radical (unpaired) electrons. The highest BCUT2D eigenvalue weighted by Gasteiger charge is 2.31. The molecule has 0 saturated heterocycles. The van der Waals surface area contributed by atoms with E-state index >= 15 is 0 Å². The van der Waals surface area contributed by atoms with Gasteiger partial charge in [0.1, 0.15) is 11.6 Å². The maximum atomic E-state index is 13.7. The van der Waals surface area contributed by atoms with Crippen LogP contribution >= 0.6 is 0 Å². The molecule has 0 fully saturated rings. The molecule has 0 spiro atoms. The Morgan fingerprint density at radius 2 is 1.74 bits per heavy atom. The molecular formula is C29H31N3O5S. The van der Waals surface area contributed by atoms with Gasteiger partial charge in [-0.3, -0.25) is 14.3 Å². The molecule has 2 heterocycles. The molecule has 0 bridgehead atoms. The van der Waals surface area contributed by atoms with Crippen LogP contribution in [0.3, 0.4) is 0 Å². The van der Waals surface area contributed by atoms with Gasteiger partial charge in [0.15, 0.2) is 4.90 Å². The summed E-state index contributed by atoms with van der Waals surface area (Å²) in [6.07, 6.45) is 5.39. The van der Waals surface area contributed by atoms with Crippen molar-refractivity contribution in [2.75, 3.05) is 7.11 Å². The molecule has 4 aromatic rings. The van der Waals surface area contributed by atoms with Gasteiger partial charge in [0.25, 0.3) is 5.56 Å². The standard InChI is InChI=1S/C29H31N3O5S/c1-5-6-7-26-31-28(33)27(29(34)32(26)20(3)21-8-12-23(37-4)13-9-21)38(35,36)24-14-10-22(11-15-24)25-16-17-30-18-19(25)2/h8-18,20,34H,5-7H2,1-4H3/t20-/m0/s1. The van der Waals surface area contributed by atoms with E-state index in [4.69, 9.17) is 4.74 Å². The topological polar surface area (TPSA) is 111 Å². The van der Waals surface area contributed by atoms with Crippen LogP contribution in [0.2, 0.25) is 0 Å². The Labute approximate surface area is 222 Å². The maximum absolute atomic E-state index is 13.7. The fraction of sp³-hybridized carbons (Fsp3) is 0.276. The van der Waals surface area contributed by atoms with Gasteiger partial charge >= 0.3 is 0 Å². The molecule has 1 atom stereocenters. The van der Waals surface area contributed by atoms with Gasteiger partial charge in [-0.25, -0.2) is 8.42 Å². The third kappa shape index (κ3) is 5.19. The molecule has 198 valence electrons. The molecule has 0 aliphatic heterocycles. The van der Waals surface area contributed by atoms with E-state index in [2.05, 4.69) is 9.97 Å². The number of aromatic nitrogens is 3. The lowest BCUT2D eigenvalue weighted by molar-refractivity contribution is 0.368. The first-order chi connectivity index (χ1) is 18.2. The first-order valence-corrected chi connectivity index (χ1v) is 13.9. The number of hydrogen-bond donors (Lipinski definition) is 1. The second kappa shape index (κ2) is 11.2. The average molecular weight is 534 g/mol. The fourth-order valence-corrected chi connectivity index (χ4v) is 5.81. The minimum Gasteiger partial charge on any atom is -0.497 e. The van der Waals surface area contributed by atoms with E-state index in [1.165, 1.54) is 16.7 Å². The Morgan fingerprint density at radius 1 is 1.05 bits per heavy atom. The maximum Gasteiger partial charge on any atom is 0.296 e. The predicted octanol–water partition coefficient (Wildman–Crippen LogP) is 5.11. The number of benzene rings is 2. The van der Waals surface area contributed by atoms with Crippen LogP contribution in [0.15, 0.2) is 81.6 Å². The summed E-state index contributed by atoms with van der Waals surface area (Å²) in [7, 11) is -2.80. The number of rotatable bonds is 9. The molecule has 9 heteroatoms. The molecule has 38 heavy (non-hydrogen) atoms. The highest BCUT2D eigenvalue weighted by Crippen LogP contribution is 2.33. The zero-order chi connectivity index (χ0) is 27.4. The van der Waals surface area contributed by atoms with Crippen molar-refractivity contribution in [1.29, 1.82) is 0 Å². The molecule has 0 unspecified atom stereocenters. The van der Waals surface area contributed by atoms with Crippen molar-refractivity contribution in [2.24, 2.45) is 0 Å². The summed E-state index contributed by atoms with van der Waals surface area (Å²) in [5.41, 5.74) is 2.50. The molecule has 0 aliphatic rings. The number of ether oxygens (including phenoxy) is 1. The number of methoxy groups -OCH3 is 1. The third-order valence-electron chi connectivity index (χ3n) is 6.64. The van der Waals surface area contributed by atoms with E-state index in [9.17, 15) is 18.3 Å². The number of pyridine rings is 1. The quantitative estimate of drug-likeness (QED) is 0.318. The number of aromatic hydroxyl groups is 1. The van der Waals surface area contributed by atoms with E-state index in [-0.39, 0.29) is 4.90 Å². The van der Waals surface area contributed by atoms with Crippen LogP contribution < -0.4 is 10.3 Å². The SMILES string of the molecule is CCCCc1nc(=O)c(S(=O)(=O)c2ccc(-c3ccncc3C)cc2)c(O)n1[C@@H](C)c1ccc(OC)cc1. The summed E-state index contributed by atoms with van der Waals surface area (Å²) in [6.45, 7) is 5.75. The van der Waals surface area contributed by atoms with Crippen molar-refractivity contribution < 1.29 is 18.3 Å². The van der Waals surface area contributed by atoms with Gasteiger partial charge in [-0.15, -0.1) is 0 Å².